The lowest BCUT2D eigenvalue weighted by Gasteiger charge is -2.16. The molecule has 43 heavy (non-hydrogen) atoms. The SMILES string of the molecule is CC1C=c2c(c3c4oc5ccccc5c4ccc3n2-c2cc(N)ccc2-c2ccc3oc4ccc(C#N)cc4c3c2)=CC1. The van der Waals surface area contributed by atoms with Crippen molar-refractivity contribution >= 4 is 72.6 Å². The number of nitrogen functional groups attached to an aromatic ring is 1. The molecule has 0 radical (unpaired) electrons. The first-order valence-electron chi connectivity index (χ1n) is 14.5. The van der Waals surface area contributed by atoms with Crippen LogP contribution in [0.25, 0.3) is 83.7 Å². The number of nitrogens with zero attached hydrogens (tertiary/aromatic N) is 2. The molecule has 1 unspecified atom stereocenters. The number of nitrogens with two attached hydrogens (primary N) is 1. The van der Waals surface area contributed by atoms with Crippen molar-refractivity contribution in [3.8, 4) is 22.9 Å². The number of anilines is 1. The van der Waals surface area contributed by atoms with Crippen LogP contribution in [0.3, 0.4) is 0 Å². The van der Waals surface area contributed by atoms with Gasteiger partial charge < -0.3 is 19.1 Å². The van der Waals surface area contributed by atoms with Crippen molar-refractivity contribution < 1.29 is 8.83 Å². The largest absolute Gasteiger partial charge is 0.456 e. The molecule has 5 heteroatoms. The summed E-state index contributed by atoms with van der Waals surface area (Å²) >= 11 is 0. The number of para-hydroxylation sites is 1. The van der Waals surface area contributed by atoms with Gasteiger partial charge in [-0.2, -0.15) is 5.26 Å². The van der Waals surface area contributed by atoms with Crippen molar-refractivity contribution in [2.45, 2.75) is 13.3 Å². The van der Waals surface area contributed by atoms with Crippen LogP contribution in [0.5, 0.6) is 0 Å². The van der Waals surface area contributed by atoms with Gasteiger partial charge in [-0.1, -0.05) is 49.4 Å². The van der Waals surface area contributed by atoms with Gasteiger partial charge in [-0.3, -0.25) is 0 Å². The van der Waals surface area contributed by atoms with Gasteiger partial charge in [0.1, 0.15) is 22.3 Å². The molecule has 1 atom stereocenters. The molecule has 0 aliphatic heterocycles. The molecule has 0 bridgehead atoms. The molecule has 8 aromatic rings. The quantitative estimate of drug-likeness (QED) is 0.218. The summed E-state index contributed by atoms with van der Waals surface area (Å²) in [6.07, 6.45) is 5.70. The third kappa shape index (κ3) is 3.38. The number of fused-ring (bicyclic) bond motifs is 10. The molecule has 9 rings (SSSR count). The maximum absolute atomic E-state index is 9.51. The normalized spacial score (nSPS) is 14.7. The number of hydrogen-bond acceptors (Lipinski definition) is 4. The van der Waals surface area contributed by atoms with E-state index < -0.39 is 0 Å². The third-order valence-electron chi connectivity index (χ3n) is 8.86. The van der Waals surface area contributed by atoms with Crippen LogP contribution in [0.4, 0.5) is 5.69 Å². The van der Waals surface area contributed by atoms with Crippen molar-refractivity contribution in [2.75, 3.05) is 5.73 Å². The molecule has 3 heterocycles. The summed E-state index contributed by atoms with van der Waals surface area (Å²) in [6, 6.07) is 32.8. The third-order valence-corrected chi connectivity index (χ3v) is 8.86. The highest BCUT2D eigenvalue weighted by Crippen LogP contribution is 2.38. The monoisotopic (exact) mass is 555 g/mol. The maximum atomic E-state index is 9.51. The molecule has 1 aliphatic carbocycles. The Bertz CT molecular complexity index is 2640. The van der Waals surface area contributed by atoms with Crippen LogP contribution in [0.1, 0.15) is 18.9 Å². The molecular formula is C38H25N3O2. The van der Waals surface area contributed by atoms with Crippen molar-refractivity contribution in [2.24, 2.45) is 5.92 Å². The van der Waals surface area contributed by atoms with E-state index in [1.54, 1.807) is 6.07 Å². The minimum Gasteiger partial charge on any atom is -0.456 e. The number of hydrogen-bond donors (Lipinski definition) is 1. The van der Waals surface area contributed by atoms with Crippen LogP contribution in [0.15, 0.2) is 99.8 Å². The van der Waals surface area contributed by atoms with Crippen molar-refractivity contribution in [3.05, 3.63) is 107 Å². The minimum absolute atomic E-state index is 0.397. The van der Waals surface area contributed by atoms with E-state index in [4.69, 9.17) is 14.6 Å². The van der Waals surface area contributed by atoms with Gasteiger partial charge >= 0.3 is 0 Å². The Hall–Kier alpha value is -5.73. The molecule has 0 amide bonds. The van der Waals surface area contributed by atoms with Crippen LogP contribution >= 0.6 is 0 Å². The number of aromatic nitrogens is 1. The molecular weight excluding hydrogens is 530 g/mol. The predicted octanol–water partition coefficient (Wildman–Crippen LogP) is 8.15. The Labute approximate surface area is 245 Å². The molecule has 0 saturated heterocycles. The van der Waals surface area contributed by atoms with Crippen molar-refractivity contribution in [1.82, 2.24) is 4.57 Å². The first kappa shape index (κ1) is 23.9. The van der Waals surface area contributed by atoms with Crippen LogP contribution in [-0.2, 0) is 0 Å². The zero-order valence-electron chi connectivity index (χ0n) is 23.4. The second-order valence-corrected chi connectivity index (χ2v) is 11.6. The zero-order valence-corrected chi connectivity index (χ0v) is 23.4. The smallest absolute Gasteiger partial charge is 0.145 e. The van der Waals surface area contributed by atoms with Gasteiger partial charge in [-0.25, -0.2) is 0 Å². The molecule has 0 saturated carbocycles. The summed E-state index contributed by atoms with van der Waals surface area (Å²) in [5, 5.41) is 17.1. The van der Waals surface area contributed by atoms with E-state index in [0.29, 0.717) is 17.2 Å². The van der Waals surface area contributed by atoms with Crippen LogP contribution < -0.4 is 16.3 Å². The lowest BCUT2D eigenvalue weighted by atomic mass is 9.99. The van der Waals surface area contributed by atoms with Crippen LogP contribution in [0.2, 0.25) is 0 Å². The topological polar surface area (TPSA) is 81.0 Å². The molecule has 2 N–H and O–H groups in total. The Morgan fingerprint density at radius 3 is 2.51 bits per heavy atom. The predicted molar refractivity (Wildman–Crippen MR) is 174 cm³/mol. The number of furan rings is 2. The fraction of sp³-hybridized carbons (Fsp3) is 0.0789. The lowest BCUT2D eigenvalue weighted by Crippen LogP contribution is -2.32. The van der Waals surface area contributed by atoms with Gasteiger partial charge in [0.25, 0.3) is 0 Å². The number of rotatable bonds is 2. The van der Waals surface area contributed by atoms with E-state index in [9.17, 15) is 5.26 Å². The van der Waals surface area contributed by atoms with Gasteiger partial charge in [0, 0.05) is 38.0 Å². The summed E-state index contributed by atoms with van der Waals surface area (Å²) in [5.74, 6) is 0.397. The van der Waals surface area contributed by atoms with E-state index >= 15 is 0 Å². The second kappa shape index (κ2) is 8.64. The average Bonchev–Trinajstić information content (AvgIpc) is 3.69. The second-order valence-electron chi connectivity index (χ2n) is 11.6. The van der Waals surface area contributed by atoms with Gasteiger partial charge in [0.15, 0.2) is 0 Å². The first-order chi connectivity index (χ1) is 21.1. The fourth-order valence-electron chi connectivity index (χ4n) is 6.87. The number of benzene rings is 5. The van der Waals surface area contributed by atoms with Gasteiger partial charge in [-0.15, -0.1) is 0 Å². The Balaban J connectivity index is 1.38. The van der Waals surface area contributed by atoms with E-state index in [-0.39, 0.29) is 0 Å². The van der Waals surface area contributed by atoms with Gasteiger partial charge in [0.2, 0.25) is 0 Å². The van der Waals surface area contributed by atoms with E-state index in [1.807, 2.05) is 36.4 Å². The summed E-state index contributed by atoms with van der Waals surface area (Å²) in [5.41, 5.74) is 15.3. The van der Waals surface area contributed by atoms with Crippen LogP contribution in [-0.4, -0.2) is 4.57 Å². The van der Waals surface area contributed by atoms with E-state index in [0.717, 1.165) is 83.4 Å². The summed E-state index contributed by atoms with van der Waals surface area (Å²) in [4.78, 5) is 0. The summed E-state index contributed by atoms with van der Waals surface area (Å²) in [7, 11) is 0. The van der Waals surface area contributed by atoms with Gasteiger partial charge in [-0.05, 0) is 78.6 Å². The molecule has 5 nitrogen and oxygen atoms in total. The van der Waals surface area contributed by atoms with Crippen molar-refractivity contribution in [1.29, 1.82) is 5.26 Å². The van der Waals surface area contributed by atoms with Crippen molar-refractivity contribution in [3.63, 3.8) is 0 Å². The molecule has 0 spiro atoms. The standard InChI is InChI=1S/C38H25N3O2/c1-21-6-10-28-32(16-21)41(31-13-12-27-26-4-2-3-5-34(26)43-38(27)37(28)31)33-19-24(40)9-11-25(33)23-8-15-36-30(18-23)29-17-22(20-39)7-14-35(29)42-36/h2-5,7-19,21H,6,40H2,1H3. The molecule has 0 fully saturated rings. The summed E-state index contributed by atoms with van der Waals surface area (Å²) in [6.45, 7) is 2.26. The zero-order chi connectivity index (χ0) is 28.8. The maximum Gasteiger partial charge on any atom is 0.145 e. The Morgan fingerprint density at radius 1 is 0.814 bits per heavy atom. The molecule has 204 valence electrons. The highest BCUT2D eigenvalue weighted by atomic mass is 16.3. The Kier molecular flexibility index (Phi) is 4.81. The van der Waals surface area contributed by atoms with E-state index in [2.05, 4.69) is 78.2 Å². The Morgan fingerprint density at radius 2 is 1.63 bits per heavy atom. The van der Waals surface area contributed by atoms with Crippen LogP contribution in [0, 0.1) is 17.2 Å². The van der Waals surface area contributed by atoms with Gasteiger partial charge in [0.05, 0.1) is 33.6 Å². The highest BCUT2D eigenvalue weighted by Gasteiger charge is 2.21. The average molecular weight is 556 g/mol. The highest BCUT2D eigenvalue weighted by molar-refractivity contribution is 6.15. The molecule has 5 aromatic carbocycles. The molecule has 1 aliphatic rings. The minimum atomic E-state index is 0.397. The summed E-state index contributed by atoms with van der Waals surface area (Å²) < 4.78 is 15.0. The van der Waals surface area contributed by atoms with E-state index in [1.165, 1.54) is 5.22 Å². The number of nitriles is 1. The first-order valence-corrected chi connectivity index (χ1v) is 14.5. The fourth-order valence-corrected chi connectivity index (χ4v) is 6.87. The lowest BCUT2D eigenvalue weighted by molar-refractivity contribution is 0.669. The molecule has 3 aromatic heterocycles.